The van der Waals surface area contributed by atoms with Gasteiger partial charge in [0.1, 0.15) is 0 Å². The van der Waals surface area contributed by atoms with Crippen molar-refractivity contribution in [2.75, 3.05) is 0 Å². The molecule has 0 N–H and O–H groups in total. The molecule has 0 radical (unpaired) electrons. The third-order valence-corrected chi connectivity index (χ3v) is 5.33. The summed E-state index contributed by atoms with van der Waals surface area (Å²) in [4.78, 5) is 0. The molecule has 0 aromatic heterocycles. The fourth-order valence-corrected chi connectivity index (χ4v) is 3.92. The van der Waals surface area contributed by atoms with Crippen LogP contribution in [0.1, 0.15) is 60.3 Å². The van der Waals surface area contributed by atoms with Crippen LogP contribution in [-0.4, -0.2) is 0 Å². The highest BCUT2D eigenvalue weighted by molar-refractivity contribution is 5.24. The molecule has 0 aromatic carbocycles. The van der Waals surface area contributed by atoms with Gasteiger partial charge < -0.3 is 0 Å². The van der Waals surface area contributed by atoms with Gasteiger partial charge in [0.25, 0.3) is 0 Å². The van der Waals surface area contributed by atoms with E-state index in [2.05, 4.69) is 46.8 Å². The quantitative estimate of drug-likeness (QED) is 0.584. The van der Waals surface area contributed by atoms with Crippen LogP contribution in [0.2, 0.25) is 0 Å². The van der Waals surface area contributed by atoms with E-state index in [9.17, 15) is 0 Å². The summed E-state index contributed by atoms with van der Waals surface area (Å²) < 4.78 is 0. The SMILES string of the molecule is CC[C@H]1CCC(C)(C)[C@@]2(/C=C/C(C)C)CC12. The summed E-state index contributed by atoms with van der Waals surface area (Å²) in [5.41, 5.74) is 1.10. The smallest absolute Gasteiger partial charge is 0.00328 e. The Hall–Kier alpha value is -0.260. The predicted molar refractivity (Wildman–Crippen MR) is 71.3 cm³/mol. The highest BCUT2D eigenvalue weighted by Crippen LogP contribution is 2.72. The molecule has 92 valence electrons. The van der Waals surface area contributed by atoms with Crippen LogP contribution < -0.4 is 0 Å². The number of hydrogen-bond donors (Lipinski definition) is 0. The zero-order valence-corrected chi connectivity index (χ0v) is 11.7. The molecular weight excluding hydrogens is 192 g/mol. The fraction of sp³-hybridized carbons (Fsp3) is 0.875. The molecule has 3 atom stereocenters. The molecule has 2 saturated carbocycles. The second kappa shape index (κ2) is 3.89. The summed E-state index contributed by atoms with van der Waals surface area (Å²) in [5.74, 6) is 2.70. The van der Waals surface area contributed by atoms with E-state index in [1.54, 1.807) is 0 Å². The largest absolute Gasteiger partial charge is 0.0854 e. The lowest BCUT2D eigenvalue weighted by Crippen LogP contribution is -2.32. The Morgan fingerprint density at radius 1 is 1.31 bits per heavy atom. The summed E-state index contributed by atoms with van der Waals surface area (Å²) in [6, 6.07) is 0. The highest BCUT2D eigenvalue weighted by atomic mass is 14.7. The van der Waals surface area contributed by atoms with Crippen LogP contribution in [0.5, 0.6) is 0 Å². The summed E-state index contributed by atoms with van der Waals surface area (Å²) in [6.07, 6.45) is 10.8. The predicted octanol–water partition coefficient (Wildman–Crippen LogP) is 5.05. The van der Waals surface area contributed by atoms with Crippen molar-refractivity contribution < 1.29 is 0 Å². The molecule has 0 bridgehead atoms. The van der Waals surface area contributed by atoms with Gasteiger partial charge in [-0.05, 0) is 47.8 Å². The zero-order valence-electron chi connectivity index (χ0n) is 11.7. The van der Waals surface area contributed by atoms with Crippen LogP contribution in [0.3, 0.4) is 0 Å². The second-order valence-electron chi connectivity index (χ2n) is 7.05. The maximum absolute atomic E-state index is 2.59. The van der Waals surface area contributed by atoms with Gasteiger partial charge >= 0.3 is 0 Å². The summed E-state index contributed by atoms with van der Waals surface area (Å²) in [7, 11) is 0. The highest BCUT2D eigenvalue weighted by Gasteiger charge is 2.64. The number of fused-ring (bicyclic) bond motifs is 1. The van der Waals surface area contributed by atoms with Crippen molar-refractivity contribution in [2.45, 2.75) is 60.3 Å². The summed E-state index contributed by atoms with van der Waals surface area (Å²) in [5, 5.41) is 0. The van der Waals surface area contributed by atoms with E-state index in [0.717, 1.165) is 11.8 Å². The maximum atomic E-state index is 2.59. The Labute approximate surface area is 102 Å². The van der Waals surface area contributed by atoms with Crippen LogP contribution in [0, 0.1) is 28.6 Å². The molecule has 0 aliphatic heterocycles. The molecule has 2 aliphatic carbocycles. The van der Waals surface area contributed by atoms with Gasteiger partial charge in [-0.25, -0.2) is 0 Å². The number of hydrogen-bond acceptors (Lipinski definition) is 0. The lowest BCUT2D eigenvalue weighted by molar-refractivity contribution is 0.117. The Kier molecular flexibility index (Phi) is 2.97. The van der Waals surface area contributed by atoms with E-state index >= 15 is 0 Å². The topological polar surface area (TPSA) is 0 Å². The minimum Gasteiger partial charge on any atom is -0.0854 e. The van der Waals surface area contributed by atoms with Gasteiger partial charge in [-0.15, -0.1) is 0 Å². The molecule has 1 unspecified atom stereocenters. The molecule has 0 spiro atoms. The van der Waals surface area contributed by atoms with Crippen molar-refractivity contribution in [1.82, 2.24) is 0 Å². The Morgan fingerprint density at radius 3 is 2.56 bits per heavy atom. The zero-order chi connectivity index (χ0) is 12.0. The molecule has 0 aromatic rings. The Balaban J connectivity index is 2.19. The van der Waals surface area contributed by atoms with Crippen LogP contribution in [-0.2, 0) is 0 Å². The van der Waals surface area contributed by atoms with Crippen LogP contribution in [0.15, 0.2) is 12.2 Å². The van der Waals surface area contributed by atoms with Gasteiger partial charge in [-0.1, -0.05) is 53.2 Å². The van der Waals surface area contributed by atoms with E-state index in [1.807, 2.05) is 0 Å². The molecule has 2 fully saturated rings. The summed E-state index contributed by atoms with van der Waals surface area (Å²) >= 11 is 0. The average Bonchev–Trinajstić information content (AvgIpc) is 2.92. The first-order chi connectivity index (χ1) is 7.43. The van der Waals surface area contributed by atoms with Crippen molar-refractivity contribution in [3.05, 3.63) is 12.2 Å². The van der Waals surface area contributed by atoms with Gasteiger partial charge in [-0.3, -0.25) is 0 Å². The van der Waals surface area contributed by atoms with Crippen molar-refractivity contribution >= 4 is 0 Å². The second-order valence-corrected chi connectivity index (χ2v) is 7.05. The van der Waals surface area contributed by atoms with Crippen molar-refractivity contribution in [3.63, 3.8) is 0 Å². The normalized spacial score (nSPS) is 41.4. The van der Waals surface area contributed by atoms with Crippen molar-refractivity contribution in [3.8, 4) is 0 Å². The van der Waals surface area contributed by atoms with Crippen molar-refractivity contribution in [1.29, 1.82) is 0 Å². The molecule has 0 heteroatoms. The van der Waals surface area contributed by atoms with Gasteiger partial charge in [-0.2, -0.15) is 0 Å². The first-order valence-corrected chi connectivity index (χ1v) is 7.12. The van der Waals surface area contributed by atoms with E-state index in [-0.39, 0.29) is 0 Å². The third kappa shape index (κ3) is 1.75. The minimum atomic E-state index is 0.536. The molecular formula is C16H28. The van der Waals surface area contributed by atoms with E-state index < -0.39 is 0 Å². The Morgan fingerprint density at radius 2 is 2.00 bits per heavy atom. The molecule has 0 nitrogen and oxygen atoms in total. The third-order valence-electron chi connectivity index (χ3n) is 5.33. The maximum Gasteiger partial charge on any atom is -0.00328 e. The molecule has 0 saturated heterocycles. The molecule has 2 aliphatic rings. The van der Waals surface area contributed by atoms with Crippen LogP contribution >= 0.6 is 0 Å². The molecule has 0 heterocycles. The van der Waals surface area contributed by atoms with Gasteiger partial charge in [0, 0.05) is 0 Å². The molecule has 16 heavy (non-hydrogen) atoms. The summed E-state index contributed by atoms with van der Waals surface area (Å²) in [6.45, 7) is 11.9. The lowest BCUT2D eigenvalue weighted by Gasteiger charge is -2.41. The van der Waals surface area contributed by atoms with Gasteiger partial charge in [0.15, 0.2) is 0 Å². The standard InChI is InChI=1S/C16H28/c1-6-13-8-9-15(4,5)16(11-14(13)16)10-7-12(2)3/h7,10,12-14H,6,8-9,11H2,1-5H3/b10-7+/t13-,14?,16-/m0/s1. The Bertz CT molecular complexity index is 284. The fourth-order valence-electron chi connectivity index (χ4n) is 3.92. The van der Waals surface area contributed by atoms with E-state index in [0.29, 0.717) is 16.7 Å². The first kappa shape index (κ1) is 12.2. The van der Waals surface area contributed by atoms with E-state index in [1.165, 1.54) is 25.7 Å². The number of rotatable bonds is 3. The average molecular weight is 220 g/mol. The first-order valence-electron chi connectivity index (χ1n) is 7.12. The monoisotopic (exact) mass is 220 g/mol. The van der Waals surface area contributed by atoms with Crippen molar-refractivity contribution in [2.24, 2.45) is 28.6 Å². The van der Waals surface area contributed by atoms with Crippen LogP contribution in [0.25, 0.3) is 0 Å². The van der Waals surface area contributed by atoms with E-state index in [4.69, 9.17) is 0 Å². The van der Waals surface area contributed by atoms with Crippen LogP contribution in [0.4, 0.5) is 0 Å². The minimum absolute atomic E-state index is 0.536. The lowest BCUT2D eigenvalue weighted by atomic mass is 9.64. The molecule has 0 amide bonds. The van der Waals surface area contributed by atoms with Gasteiger partial charge in [0.2, 0.25) is 0 Å². The van der Waals surface area contributed by atoms with Gasteiger partial charge in [0.05, 0.1) is 0 Å². The molecule has 2 rings (SSSR count). The number of allylic oxidation sites excluding steroid dienone is 2.